The summed E-state index contributed by atoms with van der Waals surface area (Å²) in [5, 5.41) is 4.26. The number of hydrogen-bond donors (Lipinski definition) is 0. The van der Waals surface area contributed by atoms with Crippen LogP contribution in [-0.2, 0) is 0 Å². The fourth-order valence-electron chi connectivity index (χ4n) is 1.58. The Morgan fingerprint density at radius 1 is 1.31 bits per heavy atom. The lowest BCUT2D eigenvalue weighted by atomic mass is 10.1. The van der Waals surface area contributed by atoms with Gasteiger partial charge < -0.3 is 0 Å². The van der Waals surface area contributed by atoms with Crippen LogP contribution in [0.4, 0.5) is 0 Å². The molecule has 0 unspecified atom stereocenters. The van der Waals surface area contributed by atoms with E-state index < -0.39 is 0 Å². The highest BCUT2D eigenvalue weighted by molar-refractivity contribution is 7.13. The van der Waals surface area contributed by atoms with E-state index in [2.05, 4.69) is 42.0 Å². The highest BCUT2D eigenvalue weighted by Crippen LogP contribution is 2.33. The van der Waals surface area contributed by atoms with E-state index in [0.29, 0.717) is 5.88 Å². The average Bonchev–Trinajstić information content (AvgIpc) is 2.91. The fourth-order valence-corrected chi connectivity index (χ4v) is 3.51. The maximum absolute atomic E-state index is 5.77. The number of halogens is 1. The Morgan fingerprint density at radius 3 is 2.75 bits per heavy atom. The van der Waals surface area contributed by atoms with Gasteiger partial charge in [0.15, 0.2) is 0 Å². The van der Waals surface area contributed by atoms with E-state index in [-0.39, 0.29) is 0 Å². The zero-order chi connectivity index (χ0) is 11.4. The summed E-state index contributed by atoms with van der Waals surface area (Å²) in [6, 6.07) is 6.43. The molecule has 0 nitrogen and oxygen atoms in total. The van der Waals surface area contributed by atoms with E-state index in [1.54, 1.807) is 22.7 Å². The Hall–Kier alpha value is -0.570. The van der Waals surface area contributed by atoms with Gasteiger partial charge in [0, 0.05) is 21.2 Å². The van der Waals surface area contributed by atoms with Gasteiger partial charge in [-0.1, -0.05) is 12.1 Å². The molecule has 0 aliphatic heterocycles. The molecule has 2 aromatic heterocycles. The van der Waals surface area contributed by atoms with Gasteiger partial charge in [0.2, 0.25) is 0 Å². The predicted molar refractivity (Wildman–Crippen MR) is 75.8 cm³/mol. The van der Waals surface area contributed by atoms with Crippen molar-refractivity contribution in [1.82, 2.24) is 0 Å². The molecule has 0 amide bonds. The van der Waals surface area contributed by atoms with E-state index in [4.69, 9.17) is 11.6 Å². The lowest BCUT2D eigenvalue weighted by molar-refractivity contribution is 1.24. The smallest absolute Gasteiger partial charge is 0.0382 e. The van der Waals surface area contributed by atoms with Crippen molar-refractivity contribution in [3.05, 3.63) is 50.4 Å². The maximum atomic E-state index is 5.77. The van der Waals surface area contributed by atoms with Crippen molar-refractivity contribution >= 4 is 39.8 Å². The van der Waals surface area contributed by atoms with E-state index in [0.717, 1.165) is 6.42 Å². The van der Waals surface area contributed by atoms with Crippen LogP contribution in [0.1, 0.15) is 21.7 Å². The fraction of sp³-hybridized carbons (Fsp3) is 0.231. The molecule has 16 heavy (non-hydrogen) atoms. The second-order valence-corrected chi connectivity index (χ2v) is 5.75. The average molecular weight is 269 g/mol. The zero-order valence-corrected chi connectivity index (χ0v) is 11.5. The van der Waals surface area contributed by atoms with Crippen LogP contribution in [-0.4, -0.2) is 5.88 Å². The molecule has 0 aromatic carbocycles. The van der Waals surface area contributed by atoms with Gasteiger partial charge in [0.05, 0.1) is 0 Å². The van der Waals surface area contributed by atoms with Gasteiger partial charge in [-0.25, -0.2) is 0 Å². The second-order valence-electron chi connectivity index (χ2n) is 3.51. The molecule has 3 heteroatoms. The minimum Gasteiger partial charge on any atom is -0.144 e. The highest BCUT2D eigenvalue weighted by Gasteiger charge is 2.09. The summed E-state index contributed by atoms with van der Waals surface area (Å²) in [6.45, 7) is 2.16. The van der Waals surface area contributed by atoms with Gasteiger partial charge >= 0.3 is 0 Å². The van der Waals surface area contributed by atoms with E-state index in [1.165, 1.54) is 20.9 Å². The Kier molecular flexibility index (Phi) is 4.22. The highest BCUT2D eigenvalue weighted by atomic mass is 35.5. The molecule has 2 heterocycles. The Labute approximate surface area is 109 Å². The number of hydrogen-bond acceptors (Lipinski definition) is 2. The molecular weight excluding hydrogens is 256 g/mol. The zero-order valence-electron chi connectivity index (χ0n) is 9.07. The molecule has 0 saturated carbocycles. The standard InChI is InChI=1S/C13H13ClS2/c1-10-6-9-16-13(10)11(4-2-7-14)12-5-3-8-15-12/h3-6,8-9H,2,7H2,1H3. The molecule has 2 rings (SSSR count). The van der Waals surface area contributed by atoms with Crippen molar-refractivity contribution in [1.29, 1.82) is 0 Å². The molecular formula is C13H13ClS2. The van der Waals surface area contributed by atoms with E-state index in [9.17, 15) is 0 Å². The lowest BCUT2D eigenvalue weighted by Gasteiger charge is -2.04. The van der Waals surface area contributed by atoms with Crippen molar-refractivity contribution in [3.63, 3.8) is 0 Å². The molecule has 0 saturated heterocycles. The van der Waals surface area contributed by atoms with Crippen LogP contribution in [0.25, 0.3) is 5.57 Å². The topological polar surface area (TPSA) is 0 Å². The maximum Gasteiger partial charge on any atom is 0.0382 e. The molecule has 0 N–H and O–H groups in total. The number of rotatable bonds is 4. The first kappa shape index (κ1) is 11.9. The first-order valence-corrected chi connectivity index (χ1v) is 7.47. The van der Waals surface area contributed by atoms with Gasteiger partial charge in [0.1, 0.15) is 0 Å². The molecule has 0 aliphatic carbocycles. The van der Waals surface area contributed by atoms with Crippen LogP contribution in [0.15, 0.2) is 35.0 Å². The van der Waals surface area contributed by atoms with Crippen LogP contribution in [0.5, 0.6) is 0 Å². The Balaban J connectivity index is 2.40. The molecule has 0 atom stereocenters. The largest absolute Gasteiger partial charge is 0.144 e. The Morgan fingerprint density at radius 2 is 2.19 bits per heavy atom. The van der Waals surface area contributed by atoms with Crippen LogP contribution in [0, 0.1) is 6.92 Å². The van der Waals surface area contributed by atoms with Crippen LogP contribution < -0.4 is 0 Å². The summed E-state index contributed by atoms with van der Waals surface area (Å²) in [5.41, 5.74) is 2.68. The van der Waals surface area contributed by atoms with Crippen molar-refractivity contribution < 1.29 is 0 Å². The van der Waals surface area contributed by atoms with Gasteiger partial charge in [-0.05, 0) is 41.8 Å². The van der Waals surface area contributed by atoms with Crippen molar-refractivity contribution in [2.45, 2.75) is 13.3 Å². The predicted octanol–water partition coefficient (Wildman–Crippen LogP) is 5.18. The van der Waals surface area contributed by atoms with Gasteiger partial charge in [0.25, 0.3) is 0 Å². The first-order chi connectivity index (χ1) is 7.83. The normalized spacial score (nSPS) is 12.0. The van der Waals surface area contributed by atoms with Gasteiger partial charge in [-0.15, -0.1) is 34.3 Å². The van der Waals surface area contributed by atoms with E-state index in [1.807, 2.05) is 0 Å². The minimum absolute atomic E-state index is 0.680. The molecule has 0 bridgehead atoms. The third kappa shape index (κ3) is 2.57. The lowest BCUT2D eigenvalue weighted by Crippen LogP contribution is -1.84. The minimum atomic E-state index is 0.680. The van der Waals surface area contributed by atoms with Crippen LogP contribution >= 0.6 is 34.3 Å². The van der Waals surface area contributed by atoms with Crippen molar-refractivity contribution in [3.8, 4) is 0 Å². The molecule has 0 fully saturated rings. The molecule has 0 radical (unpaired) electrons. The second kappa shape index (κ2) is 5.67. The van der Waals surface area contributed by atoms with Crippen molar-refractivity contribution in [2.24, 2.45) is 0 Å². The number of allylic oxidation sites excluding steroid dienone is 1. The molecule has 84 valence electrons. The number of aryl methyl sites for hydroxylation is 1. The van der Waals surface area contributed by atoms with Gasteiger partial charge in [-0.2, -0.15) is 0 Å². The summed E-state index contributed by atoms with van der Waals surface area (Å²) in [5.74, 6) is 0.680. The third-order valence-corrected chi connectivity index (χ3v) is 4.52. The van der Waals surface area contributed by atoms with Crippen LogP contribution in [0.3, 0.4) is 0 Å². The molecule has 2 aromatic rings. The van der Waals surface area contributed by atoms with Crippen LogP contribution in [0.2, 0.25) is 0 Å². The number of alkyl halides is 1. The summed E-state index contributed by atoms with van der Waals surface area (Å²) < 4.78 is 0. The summed E-state index contributed by atoms with van der Waals surface area (Å²) in [7, 11) is 0. The summed E-state index contributed by atoms with van der Waals surface area (Å²) in [4.78, 5) is 2.70. The quantitative estimate of drug-likeness (QED) is 0.671. The third-order valence-electron chi connectivity index (χ3n) is 2.35. The van der Waals surface area contributed by atoms with E-state index >= 15 is 0 Å². The summed E-state index contributed by atoms with van der Waals surface area (Å²) >= 11 is 9.36. The number of thiophene rings is 2. The van der Waals surface area contributed by atoms with Gasteiger partial charge in [-0.3, -0.25) is 0 Å². The first-order valence-electron chi connectivity index (χ1n) is 5.17. The molecule has 0 aliphatic rings. The Bertz CT molecular complexity index is 466. The SMILES string of the molecule is Cc1ccsc1C(=CCCCl)c1cccs1. The summed E-state index contributed by atoms with van der Waals surface area (Å²) in [6.07, 6.45) is 3.17. The van der Waals surface area contributed by atoms with Crippen molar-refractivity contribution in [2.75, 3.05) is 5.88 Å². The monoisotopic (exact) mass is 268 g/mol. The molecule has 0 spiro atoms.